The summed E-state index contributed by atoms with van der Waals surface area (Å²) in [5.74, 6) is 3.84. The Morgan fingerprint density at radius 3 is 0.641 bits per heavy atom. The number of alkyl halides is 4. The van der Waals surface area contributed by atoms with Crippen LogP contribution in [0.15, 0.2) is 24.3 Å². The molecule has 0 saturated heterocycles. The molecule has 4 aromatic carbocycles. The van der Waals surface area contributed by atoms with Crippen molar-refractivity contribution in [3.05, 3.63) is 91.0 Å². The Hall–Kier alpha value is -2.96. The van der Waals surface area contributed by atoms with Crippen LogP contribution in [0.1, 0.15) is 142 Å². The SMILES string of the molecule is OCCCC1c2cc3c4c(CBr)c2OCOc2c1cc1c(c2CBr)OCOc2c(cc5c(c2CBr)OCOc2c(cc(c(c2CBr)OCO4)C3CCCO)C5CCCO)C1CCCO. The van der Waals surface area contributed by atoms with Gasteiger partial charge in [0.1, 0.15) is 46.0 Å². The largest absolute Gasteiger partial charge is 0.457 e. The van der Waals surface area contributed by atoms with E-state index >= 15 is 0 Å². The van der Waals surface area contributed by atoms with Crippen LogP contribution in [0.2, 0.25) is 0 Å². The summed E-state index contributed by atoms with van der Waals surface area (Å²) in [6.07, 6.45) is 4.28. The zero-order chi connectivity index (χ0) is 44.5. The fraction of sp³-hybridized carbons (Fsp3) is 0.500. The Kier molecular flexibility index (Phi) is 14.8. The molecule has 0 fully saturated rings. The van der Waals surface area contributed by atoms with Gasteiger partial charge in [0.15, 0.2) is 0 Å². The Balaban J connectivity index is 1.50. The molecule has 0 unspecified atom stereocenters. The lowest BCUT2D eigenvalue weighted by atomic mass is 9.74. The van der Waals surface area contributed by atoms with Gasteiger partial charge in [-0.15, -0.1) is 0 Å². The first-order valence-electron chi connectivity index (χ1n) is 21.9. The van der Waals surface area contributed by atoms with Gasteiger partial charge in [-0.25, -0.2) is 0 Å². The molecule has 0 radical (unpaired) electrons. The van der Waals surface area contributed by atoms with E-state index in [1.807, 2.05) is 0 Å². The van der Waals surface area contributed by atoms with Crippen molar-refractivity contribution in [2.45, 2.75) is 96.4 Å². The van der Waals surface area contributed by atoms with Crippen LogP contribution in [0.5, 0.6) is 46.0 Å². The fourth-order valence-corrected chi connectivity index (χ4v) is 12.6. The van der Waals surface area contributed by atoms with Gasteiger partial charge in [0.2, 0.25) is 27.2 Å². The summed E-state index contributed by atoms with van der Waals surface area (Å²) in [5, 5.41) is 43.5. The van der Waals surface area contributed by atoms with Crippen LogP contribution in [0.3, 0.4) is 0 Å². The summed E-state index contributed by atoms with van der Waals surface area (Å²) < 4.78 is 53.6. The first kappa shape index (κ1) is 46.2. The molecule has 0 atom stereocenters. The Bertz CT molecular complexity index is 1930. The highest BCUT2D eigenvalue weighted by Gasteiger charge is 2.41. The van der Waals surface area contributed by atoms with Gasteiger partial charge in [0, 0.05) is 138 Å². The van der Waals surface area contributed by atoms with Gasteiger partial charge in [0.05, 0.1) is 0 Å². The molecular weight excluding hydrogens is 1090 g/mol. The van der Waals surface area contributed by atoms with Crippen molar-refractivity contribution < 1.29 is 58.3 Å². The number of benzene rings is 4. The Labute approximate surface area is 406 Å². The molecule has 4 N–H and O–H groups in total. The summed E-state index contributed by atoms with van der Waals surface area (Å²) >= 11 is 15.3. The molecule has 5 aliphatic rings. The van der Waals surface area contributed by atoms with Crippen molar-refractivity contribution in [1.82, 2.24) is 0 Å². The molecule has 0 saturated carbocycles. The summed E-state index contributed by atoms with van der Waals surface area (Å²) in [6, 6.07) is 8.87. The lowest BCUT2D eigenvalue weighted by molar-refractivity contribution is 0.0951. The zero-order valence-electron chi connectivity index (χ0n) is 35.3. The number of aliphatic hydroxyl groups is 4. The minimum Gasteiger partial charge on any atom is -0.457 e. The molecule has 0 spiro atoms. The van der Waals surface area contributed by atoms with E-state index in [9.17, 15) is 20.4 Å². The molecule has 4 heterocycles. The number of hydrogen-bond acceptors (Lipinski definition) is 12. The van der Waals surface area contributed by atoms with Crippen LogP contribution in [0, 0.1) is 0 Å². The number of aliphatic hydroxyl groups excluding tert-OH is 4. The summed E-state index contributed by atoms with van der Waals surface area (Å²) in [4.78, 5) is 0. The van der Waals surface area contributed by atoms with Crippen LogP contribution >= 0.6 is 63.7 Å². The highest BCUT2D eigenvalue weighted by molar-refractivity contribution is 9.09. The molecule has 9 rings (SSSR count). The van der Waals surface area contributed by atoms with Crippen LogP contribution < -0.4 is 37.9 Å². The molecule has 8 bridgehead atoms. The first-order valence-corrected chi connectivity index (χ1v) is 26.4. The predicted molar refractivity (Wildman–Crippen MR) is 253 cm³/mol. The quantitative estimate of drug-likeness (QED) is 0.0790. The molecule has 1 aliphatic carbocycles. The second-order valence-electron chi connectivity index (χ2n) is 16.6. The minimum absolute atomic E-state index is 0.0162. The lowest BCUT2D eigenvalue weighted by Crippen LogP contribution is -2.25. The standard InChI is InChI=1S/C48H52Br4O12/c49-17-37-41-29-13-31-26(6-2-10-54)33-15-35-28(8-4-12-56)36-16-34-27(7-3-11-55)32-14-30(25(29)5-1-9-53)42(58-21-57-41)38(18-50)44(32)60-23-62-46(34)40(20-52)48(36)64-24-63-47(35)39(19-51)45(33)61-22-59-43(31)37/h13-16,25-28,53-56H,1-12,17-24H2. The average Bonchev–Trinajstić information content (AvgIpc) is 3.29. The van der Waals surface area contributed by atoms with Crippen molar-refractivity contribution >= 4 is 63.7 Å². The van der Waals surface area contributed by atoms with E-state index in [1.165, 1.54) is 0 Å². The number of rotatable bonds is 16. The van der Waals surface area contributed by atoms with Gasteiger partial charge >= 0.3 is 0 Å². The maximum absolute atomic E-state index is 10.5. The molecule has 344 valence electrons. The van der Waals surface area contributed by atoms with Crippen LogP contribution in [0.25, 0.3) is 0 Å². The molecule has 16 heteroatoms. The first-order chi connectivity index (χ1) is 31.5. The monoisotopic (exact) mass is 1140 g/mol. The third-order valence-electron chi connectivity index (χ3n) is 13.3. The number of ether oxygens (including phenoxy) is 8. The van der Waals surface area contributed by atoms with E-state index < -0.39 is 0 Å². The summed E-state index contributed by atoms with van der Waals surface area (Å²) in [5.41, 5.74) is 10.7. The maximum Gasteiger partial charge on any atom is 0.230 e. The van der Waals surface area contributed by atoms with Crippen molar-refractivity contribution in [2.75, 3.05) is 53.6 Å². The van der Waals surface area contributed by atoms with E-state index in [4.69, 9.17) is 37.9 Å². The molecular formula is C48H52Br4O12. The number of hydrogen-bond donors (Lipinski definition) is 4. The number of halogens is 4. The van der Waals surface area contributed by atoms with Crippen molar-refractivity contribution in [3.8, 4) is 46.0 Å². The molecule has 0 aromatic heterocycles. The molecule has 0 amide bonds. The van der Waals surface area contributed by atoms with E-state index in [0.29, 0.717) is 119 Å². The van der Waals surface area contributed by atoms with Crippen LogP contribution in [-0.4, -0.2) is 74.0 Å². The Morgan fingerprint density at radius 2 is 0.500 bits per heavy atom. The van der Waals surface area contributed by atoms with Gasteiger partial charge in [-0.3, -0.25) is 0 Å². The third-order valence-corrected chi connectivity index (χ3v) is 15.5. The van der Waals surface area contributed by atoms with Crippen LogP contribution in [0.4, 0.5) is 0 Å². The highest BCUT2D eigenvalue weighted by atomic mass is 79.9. The van der Waals surface area contributed by atoms with Gasteiger partial charge in [-0.1, -0.05) is 63.7 Å². The predicted octanol–water partition coefficient (Wildman–Crippen LogP) is 10.1. The van der Waals surface area contributed by atoms with Crippen LogP contribution in [-0.2, 0) is 21.3 Å². The van der Waals surface area contributed by atoms with Gasteiger partial charge in [0.25, 0.3) is 0 Å². The van der Waals surface area contributed by atoms with Crippen molar-refractivity contribution in [1.29, 1.82) is 0 Å². The second kappa shape index (κ2) is 20.5. The molecule has 4 aromatic rings. The summed E-state index contributed by atoms with van der Waals surface area (Å²) in [6.45, 7) is -0.447. The minimum atomic E-state index is -0.321. The van der Waals surface area contributed by atoms with E-state index in [-0.39, 0.29) is 77.3 Å². The van der Waals surface area contributed by atoms with E-state index in [0.717, 1.165) is 66.8 Å². The van der Waals surface area contributed by atoms with Gasteiger partial charge < -0.3 is 58.3 Å². The lowest BCUT2D eigenvalue weighted by Gasteiger charge is -2.37. The normalized spacial score (nSPS) is 19.8. The van der Waals surface area contributed by atoms with Gasteiger partial charge in [-0.05, 0) is 75.6 Å². The Morgan fingerprint density at radius 1 is 0.328 bits per heavy atom. The molecule has 4 aliphatic heterocycles. The van der Waals surface area contributed by atoms with E-state index in [1.54, 1.807) is 0 Å². The maximum atomic E-state index is 10.5. The van der Waals surface area contributed by atoms with E-state index in [2.05, 4.69) is 88.0 Å². The topological polar surface area (TPSA) is 155 Å². The third kappa shape index (κ3) is 8.06. The molecule has 12 nitrogen and oxygen atoms in total. The summed E-state index contributed by atoms with van der Waals surface area (Å²) in [7, 11) is 0. The molecule has 64 heavy (non-hydrogen) atoms. The van der Waals surface area contributed by atoms with Gasteiger partial charge in [-0.2, -0.15) is 0 Å². The van der Waals surface area contributed by atoms with Crippen molar-refractivity contribution in [2.24, 2.45) is 0 Å². The highest BCUT2D eigenvalue weighted by Crippen LogP contribution is 2.59. The smallest absolute Gasteiger partial charge is 0.230 e. The fourth-order valence-electron chi connectivity index (χ4n) is 10.6. The average molecular weight is 1140 g/mol. The second-order valence-corrected chi connectivity index (χ2v) is 18.8. The van der Waals surface area contributed by atoms with Crippen molar-refractivity contribution in [3.63, 3.8) is 0 Å². The zero-order valence-corrected chi connectivity index (χ0v) is 41.7.